The number of nitrogens with one attached hydrogen (secondary N) is 1. The molecule has 7 rings (SSSR count). The number of benzene rings is 2. The fourth-order valence-corrected chi connectivity index (χ4v) is 6.45. The smallest absolute Gasteiger partial charge is 0.264 e. The molecule has 4 aromatic heterocycles. The van der Waals surface area contributed by atoms with Crippen LogP contribution in [0, 0.1) is 11.8 Å². The average Bonchev–Trinajstić information content (AvgIpc) is 3.64. The minimum atomic E-state index is -0.587. The number of aryl methyl sites for hydroxylation is 1. The van der Waals surface area contributed by atoms with Crippen molar-refractivity contribution < 1.29 is 4.79 Å². The first-order chi connectivity index (χ1) is 23.8. The number of aromatic nitrogens is 6. The van der Waals surface area contributed by atoms with E-state index in [2.05, 4.69) is 49.2 Å². The van der Waals surface area contributed by atoms with Crippen LogP contribution in [0.3, 0.4) is 0 Å². The van der Waals surface area contributed by atoms with E-state index in [0.29, 0.717) is 28.0 Å². The van der Waals surface area contributed by atoms with Crippen molar-refractivity contribution in [1.82, 2.24) is 44.1 Å². The summed E-state index contributed by atoms with van der Waals surface area (Å²) in [5.41, 5.74) is 10.2. The summed E-state index contributed by atoms with van der Waals surface area (Å²) in [5, 5.41) is 13.0. The molecule has 1 fully saturated rings. The zero-order valence-corrected chi connectivity index (χ0v) is 27.8. The van der Waals surface area contributed by atoms with Gasteiger partial charge in [0.25, 0.3) is 11.5 Å². The molecule has 3 N–H and O–H groups in total. The highest BCUT2D eigenvalue weighted by atomic mass is 16.2. The Morgan fingerprint density at radius 1 is 1.00 bits per heavy atom. The van der Waals surface area contributed by atoms with Crippen LogP contribution < -0.4 is 16.6 Å². The number of amides is 1. The van der Waals surface area contributed by atoms with Gasteiger partial charge in [-0.3, -0.25) is 18.8 Å². The van der Waals surface area contributed by atoms with Gasteiger partial charge in [0.2, 0.25) is 0 Å². The van der Waals surface area contributed by atoms with Crippen LogP contribution in [0.4, 0.5) is 5.82 Å². The molecule has 1 aliphatic rings. The summed E-state index contributed by atoms with van der Waals surface area (Å²) in [7, 11) is 4.11. The molecule has 1 saturated heterocycles. The molecule has 0 radical (unpaired) electrons. The van der Waals surface area contributed by atoms with Gasteiger partial charge in [0.1, 0.15) is 5.56 Å². The second kappa shape index (κ2) is 13.4. The second-order valence-corrected chi connectivity index (χ2v) is 12.4. The molecule has 12 nitrogen and oxygen atoms in total. The standard InChI is InChI=1S/C37H38N10O2/c1-25(41-36(48)33-34(38)42-46-17-8-16-39-35(33)46)31-23-27-10-7-9-26(32(27)37(49)47(31)29-11-5-4-6-12-29)13-14-28-24-40-44(3)30(28)15-18-45-21-19-43(2)20-22-45/h4-12,16-17,23-25H,15,18-22H2,1-3H3,(H2,38,42)(H,41,48)/t25-/m0/s1. The fraction of sp³-hybridized carbons (Fsp3) is 0.270. The van der Waals surface area contributed by atoms with E-state index in [1.54, 1.807) is 29.2 Å². The van der Waals surface area contributed by atoms with Gasteiger partial charge in [-0.05, 0) is 49.7 Å². The Morgan fingerprint density at radius 2 is 1.78 bits per heavy atom. The highest BCUT2D eigenvalue weighted by Crippen LogP contribution is 2.25. The summed E-state index contributed by atoms with van der Waals surface area (Å²) in [6.07, 6.45) is 5.90. The first-order valence-electron chi connectivity index (χ1n) is 16.4. The summed E-state index contributed by atoms with van der Waals surface area (Å²) >= 11 is 0. The van der Waals surface area contributed by atoms with Crippen molar-refractivity contribution in [2.24, 2.45) is 7.05 Å². The summed E-state index contributed by atoms with van der Waals surface area (Å²) < 4.78 is 5.00. The van der Waals surface area contributed by atoms with E-state index >= 15 is 0 Å². The number of para-hydroxylation sites is 1. The maximum Gasteiger partial charge on any atom is 0.264 e. The molecular formula is C37H38N10O2. The Bertz CT molecular complexity index is 2290. The van der Waals surface area contributed by atoms with Crippen LogP contribution in [-0.4, -0.2) is 84.4 Å². The Balaban J connectivity index is 1.25. The molecular weight excluding hydrogens is 616 g/mol. The lowest BCUT2D eigenvalue weighted by molar-refractivity contribution is 0.0941. The van der Waals surface area contributed by atoms with Gasteiger partial charge in [-0.15, -0.1) is 5.10 Å². The van der Waals surface area contributed by atoms with Crippen LogP contribution in [0.25, 0.3) is 22.1 Å². The van der Waals surface area contributed by atoms with E-state index in [0.717, 1.165) is 55.8 Å². The van der Waals surface area contributed by atoms with Gasteiger partial charge in [0.05, 0.1) is 28.9 Å². The molecule has 12 heteroatoms. The van der Waals surface area contributed by atoms with Crippen molar-refractivity contribution in [3.63, 3.8) is 0 Å². The lowest BCUT2D eigenvalue weighted by Gasteiger charge is -2.32. The molecule has 1 aliphatic heterocycles. The van der Waals surface area contributed by atoms with Crippen LogP contribution in [0.1, 0.15) is 45.8 Å². The molecule has 0 saturated carbocycles. The number of fused-ring (bicyclic) bond motifs is 2. The zero-order valence-electron chi connectivity index (χ0n) is 27.8. The highest BCUT2D eigenvalue weighted by Gasteiger charge is 2.24. The lowest BCUT2D eigenvalue weighted by atomic mass is 10.0. The number of hydrogen-bond acceptors (Lipinski definition) is 8. The van der Waals surface area contributed by atoms with Gasteiger partial charge in [-0.25, -0.2) is 9.50 Å². The first-order valence-corrected chi connectivity index (χ1v) is 16.4. The third kappa shape index (κ3) is 6.29. The van der Waals surface area contributed by atoms with E-state index in [-0.39, 0.29) is 16.9 Å². The van der Waals surface area contributed by atoms with Gasteiger partial charge in [-0.1, -0.05) is 42.2 Å². The molecule has 0 spiro atoms. The summed E-state index contributed by atoms with van der Waals surface area (Å²) in [5.74, 6) is 6.27. The maximum atomic E-state index is 14.5. The van der Waals surface area contributed by atoms with Crippen LogP contribution in [0.5, 0.6) is 0 Å². The number of nitrogens with zero attached hydrogens (tertiary/aromatic N) is 8. The third-order valence-corrected chi connectivity index (χ3v) is 9.18. The van der Waals surface area contributed by atoms with Gasteiger partial charge < -0.3 is 20.9 Å². The topological polar surface area (TPSA) is 132 Å². The molecule has 5 heterocycles. The molecule has 49 heavy (non-hydrogen) atoms. The number of anilines is 1. The van der Waals surface area contributed by atoms with E-state index < -0.39 is 11.9 Å². The summed E-state index contributed by atoms with van der Waals surface area (Å²) in [4.78, 5) is 37.2. The van der Waals surface area contributed by atoms with Crippen molar-refractivity contribution in [3.05, 3.63) is 118 Å². The lowest BCUT2D eigenvalue weighted by Crippen LogP contribution is -2.45. The van der Waals surface area contributed by atoms with E-state index in [4.69, 9.17) is 5.73 Å². The Labute approximate surface area is 283 Å². The zero-order chi connectivity index (χ0) is 34.1. The minimum Gasteiger partial charge on any atom is -0.381 e. The number of nitrogen functional groups attached to an aromatic ring is 1. The minimum absolute atomic E-state index is 0.0710. The van der Waals surface area contributed by atoms with Crippen LogP contribution in [-0.2, 0) is 13.5 Å². The van der Waals surface area contributed by atoms with Gasteiger partial charge >= 0.3 is 0 Å². The Hall–Kier alpha value is -5.77. The Kier molecular flexibility index (Phi) is 8.69. The van der Waals surface area contributed by atoms with Gasteiger partial charge in [0, 0.05) is 75.5 Å². The summed E-state index contributed by atoms with van der Waals surface area (Å²) in [6.45, 7) is 7.02. The predicted octanol–water partition coefficient (Wildman–Crippen LogP) is 3.03. The number of carbonyl (C=O) groups excluding carboxylic acids is 1. The normalized spacial score (nSPS) is 14.5. The maximum absolute atomic E-state index is 14.5. The molecule has 1 atom stereocenters. The van der Waals surface area contributed by atoms with Crippen molar-refractivity contribution >= 4 is 28.1 Å². The van der Waals surface area contributed by atoms with Gasteiger partial charge in [0.15, 0.2) is 11.5 Å². The third-order valence-electron chi connectivity index (χ3n) is 9.18. The quantitative estimate of drug-likeness (QED) is 0.251. The largest absolute Gasteiger partial charge is 0.381 e. The van der Waals surface area contributed by atoms with Crippen LogP contribution in [0.2, 0.25) is 0 Å². The predicted molar refractivity (Wildman–Crippen MR) is 190 cm³/mol. The number of piperazine rings is 1. The average molecular weight is 655 g/mol. The monoisotopic (exact) mass is 654 g/mol. The van der Waals surface area contributed by atoms with E-state index in [1.165, 1.54) is 4.52 Å². The van der Waals surface area contributed by atoms with E-state index in [9.17, 15) is 9.59 Å². The number of hydrogen-bond donors (Lipinski definition) is 2. The number of rotatable bonds is 7. The molecule has 0 bridgehead atoms. The number of nitrogens with two attached hydrogens (primary N) is 1. The van der Waals surface area contributed by atoms with Crippen molar-refractivity contribution in [3.8, 4) is 17.5 Å². The molecule has 6 aromatic rings. The number of carbonyl (C=O) groups is 1. The first kappa shape index (κ1) is 31.8. The molecule has 1 amide bonds. The summed E-state index contributed by atoms with van der Waals surface area (Å²) in [6, 6.07) is 18.1. The van der Waals surface area contributed by atoms with Gasteiger partial charge in [-0.2, -0.15) is 5.10 Å². The van der Waals surface area contributed by atoms with Crippen LogP contribution in [0.15, 0.2) is 84.0 Å². The SMILES string of the molecule is C[C@H](NC(=O)c1c(N)nn2cccnc12)c1cc2cccc(C#Cc3cnn(C)c3CCN3CCN(C)CC3)c2c(=O)n1-c1ccccc1. The fourth-order valence-electron chi connectivity index (χ4n) is 6.45. The second-order valence-electron chi connectivity index (χ2n) is 12.4. The Morgan fingerprint density at radius 3 is 2.57 bits per heavy atom. The van der Waals surface area contributed by atoms with E-state index in [1.807, 2.05) is 73.3 Å². The van der Waals surface area contributed by atoms with Crippen molar-refractivity contribution in [2.75, 3.05) is 45.5 Å². The number of pyridine rings is 1. The molecule has 0 unspecified atom stereocenters. The molecule has 0 aliphatic carbocycles. The van der Waals surface area contributed by atoms with Crippen molar-refractivity contribution in [1.29, 1.82) is 0 Å². The van der Waals surface area contributed by atoms with Crippen molar-refractivity contribution in [2.45, 2.75) is 19.4 Å². The molecule has 2 aromatic carbocycles. The highest BCUT2D eigenvalue weighted by molar-refractivity contribution is 6.04. The van der Waals surface area contributed by atoms with Crippen LogP contribution >= 0.6 is 0 Å². The molecule has 248 valence electrons. The number of likely N-dealkylation sites (N-methyl/N-ethyl adjacent to an activating group) is 1.